The first-order valence-corrected chi connectivity index (χ1v) is 10.2. The van der Waals surface area contributed by atoms with Crippen molar-refractivity contribution in [2.24, 2.45) is 0 Å². The van der Waals surface area contributed by atoms with Gasteiger partial charge in [-0.1, -0.05) is 72.9 Å². The van der Waals surface area contributed by atoms with Crippen LogP contribution in [0.15, 0.2) is 48.5 Å². The maximum Gasteiger partial charge on any atom is 0.242 e. The number of rotatable bonds is 9. The zero-order valence-corrected chi connectivity index (χ0v) is 17.8. The topological polar surface area (TPSA) is 49.4 Å². The van der Waals surface area contributed by atoms with E-state index in [9.17, 15) is 9.59 Å². The Morgan fingerprint density at radius 3 is 2.46 bits per heavy atom. The molecule has 0 aliphatic rings. The third-order valence-electron chi connectivity index (χ3n) is 4.55. The molecule has 0 aliphatic heterocycles. The van der Waals surface area contributed by atoms with Crippen LogP contribution in [0.5, 0.6) is 0 Å². The van der Waals surface area contributed by atoms with Crippen molar-refractivity contribution >= 4 is 35.0 Å². The van der Waals surface area contributed by atoms with Crippen molar-refractivity contribution in [3.8, 4) is 0 Å². The van der Waals surface area contributed by atoms with E-state index in [1.54, 1.807) is 30.0 Å². The number of hydrogen-bond donors (Lipinski definition) is 1. The Balaban J connectivity index is 2.18. The zero-order chi connectivity index (χ0) is 20.5. The van der Waals surface area contributed by atoms with Gasteiger partial charge in [0.25, 0.3) is 0 Å². The fourth-order valence-corrected chi connectivity index (χ4v) is 3.30. The summed E-state index contributed by atoms with van der Waals surface area (Å²) in [6.45, 7) is 4.78. The average molecular weight is 421 g/mol. The molecular formula is C22H26Cl2N2O2. The molecule has 1 unspecified atom stereocenters. The SMILES string of the molecule is CCCCNC(=O)C(C)N(Cc1ccccc1)C(=O)Cc1ccc(Cl)cc1Cl. The highest BCUT2D eigenvalue weighted by atomic mass is 35.5. The van der Waals surface area contributed by atoms with Gasteiger partial charge >= 0.3 is 0 Å². The normalized spacial score (nSPS) is 11.7. The van der Waals surface area contributed by atoms with Crippen molar-refractivity contribution in [1.29, 1.82) is 0 Å². The minimum absolute atomic E-state index is 0.107. The van der Waals surface area contributed by atoms with Gasteiger partial charge in [0.05, 0.1) is 6.42 Å². The van der Waals surface area contributed by atoms with E-state index in [1.165, 1.54) is 0 Å². The number of amides is 2. The molecule has 0 fully saturated rings. The summed E-state index contributed by atoms with van der Waals surface area (Å²) in [5, 5.41) is 3.88. The molecular weight excluding hydrogens is 395 g/mol. The minimum atomic E-state index is -0.587. The van der Waals surface area contributed by atoms with Gasteiger partial charge in [-0.2, -0.15) is 0 Å². The Labute approximate surface area is 176 Å². The molecule has 2 rings (SSSR count). The summed E-state index contributed by atoms with van der Waals surface area (Å²) in [6.07, 6.45) is 2.01. The molecule has 150 valence electrons. The van der Waals surface area contributed by atoms with Crippen LogP contribution in [0.3, 0.4) is 0 Å². The Morgan fingerprint density at radius 1 is 1.11 bits per heavy atom. The fraction of sp³-hybridized carbons (Fsp3) is 0.364. The molecule has 0 heterocycles. The third-order valence-corrected chi connectivity index (χ3v) is 5.14. The number of carbonyl (C=O) groups is 2. The highest BCUT2D eigenvalue weighted by Gasteiger charge is 2.26. The van der Waals surface area contributed by atoms with E-state index in [0.29, 0.717) is 28.7 Å². The Hall–Kier alpha value is -2.04. The van der Waals surface area contributed by atoms with Gasteiger partial charge in [0.1, 0.15) is 6.04 Å². The molecule has 0 spiro atoms. The van der Waals surface area contributed by atoms with Gasteiger partial charge in [0.2, 0.25) is 11.8 Å². The number of nitrogens with one attached hydrogen (secondary N) is 1. The molecule has 0 aromatic heterocycles. The average Bonchev–Trinajstić information content (AvgIpc) is 2.68. The van der Waals surface area contributed by atoms with E-state index in [1.807, 2.05) is 30.3 Å². The van der Waals surface area contributed by atoms with Crippen LogP contribution in [0, 0.1) is 0 Å². The number of unbranched alkanes of at least 4 members (excludes halogenated alkanes) is 1. The molecule has 0 saturated carbocycles. The van der Waals surface area contributed by atoms with Crippen LogP contribution in [-0.2, 0) is 22.6 Å². The molecule has 0 bridgehead atoms. The maximum atomic E-state index is 13.1. The van der Waals surface area contributed by atoms with E-state index < -0.39 is 6.04 Å². The van der Waals surface area contributed by atoms with Crippen LogP contribution in [0.4, 0.5) is 0 Å². The highest BCUT2D eigenvalue weighted by Crippen LogP contribution is 2.22. The Morgan fingerprint density at radius 2 is 1.82 bits per heavy atom. The molecule has 1 atom stereocenters. The van der Waals surface area contributed by atoms with Crippen LogP contribution in [-0.4, -0.2) is 29.3 Å². The lowest BCUT2D eigenvalue weighted by Crippen LogP contribution is -2.48. The molecule has 0 radical (unpaired) electrons. The van der Waals surface area contributed by atoms with E-state index in [2.05, 4.69) is 12.2 Å². The summed E-state index contributed by atoms with van der Waals surface area (Å²) >= 11 is 12.2. The first-order chi connectivity index (χ1) is 13.4. The molecule has 1 N–H and O–H groups in total. The van der Waals surface area contributed by atoms with Crippen LogP contribution < -0.4 is 5.32 Å². The second-order valence-corrected chi connectivity index (χ2v) is 7.58. The molecule has 6 heteroatoms. The zero-order valence-electron chi connectivity index (χ0n) is 16.3. The van der Waals surface area contributed by atoms with Gasteiger partial charge in [0.15, 0.2) is 0 Å². The molecule has 0 saturated heterocycles. The first kappa shape index (κ1) is 22.3. The lowest BCUT2D eigenvalue weighted by molar-refractivity contribution is -0.140. The van der Waals surface area contributed by atoms with Crippen molar-refractivity contribution in [3.63, 3.8) is 0 Å². The van der Waals surface area contributed by atoms with Gasteiger partial charge in [-0.15, -0.1) is 0 Å². The van der Waals surface area contributed by atoms with E-state index in [4.69, 9.17) is 23.2 Å². The van der Waals surface area contributed by atoms with Crippen molar-refractivity contribution in [2.75, 3.05) is 6.54 Å². The van der Waals surface area contributed by atoms with E-state index in [-0.39, 0.29) is 18.2 Å². The summed E-state index contributed by atoms with van der Waals surface area (Å²) in [6, 6.07) is 14.1. The van der Waals surface area contributed by atoms with Crippen LogP contribution in [0.2, 0.25) is 10.0 Å². The first-order valence-electron chi connectivity index (χ1n) is 9.47. The Kier molecular flexibility index (Phi) is 8.81. The molecule has 4 nitrogen and oxygen atoms in total. The van der Waals surface area contributed by atoms with Crippen molar-refractivity contribution in [3.05, 3.63) is 69.7 Å². The summed E-state index contributed by atoms with van der Waals surface area (Å²) in [5.41, 5.74) is 1.65. The van der Waals surface area contributed by atoms with Crippen LogP contribution in [0.25, 0.3) is 0 Å². The molecule has 0 aliphatic carbocycles. The molecule has 28 heavy (non-hydrogen) atoms. The van der Waals surface area contributed by atoms with Crippen LogP contribution in [0.1, 0.15) is 37.8 Å². The van der Waals surface area contributed by atoms with Crippen molar-refractivity contribution in [1.82, 2.24) is 10.2 Å². The van der Waals surface area contributed by atoms with E-state index >= 15 is 0 Å². The second-order valence-electron chi connectivity index (χ2n) is 6.74. The number of carbonyl (C=O) groups excluding carboxylic acids is 2. The minimum Gasteiger partial charge on any atom is -0.354 e. The lowest BCUT2D eigenvalue weighted by atomic mass is 10.1. The maximum absolute atomic E-state index is 13.1. The van der Waals surface area contributed by atoms with Gasteiger partial charge in [-0.05, 0) is 36.6 Å². The monoisotopic (exact) mass is 420 g/mol. The predicted molar refractivity (Wildman–Crippen MR) is 115 cm³/mol. The predicted octanol–water partition coefficient (Wildman–Crippen LogP) is 4.87. The van der Waals surface area contributed by atoms with Crippen LogP contribution >= 0.6 is 23.2 Å². The van der Waals surface area contributed by atoms with E-state index in [0.717, 1.165) is 18.4 Å². The standard InChI is InChI=1S/C22H26Cl2N2O2/c1-3-4-12-25-22(28)16(2)26(15-17-8-6-5-7-9-17)21(27)13-18-10-11-19(23)14-20(18)24/h5-11,14,16H,3-4,12-13,15H2,1-2H3,(H,25,28). The molecule has 2 aromatic carbocycles. The fourth-order valence-electron chi connectivity index (χ4n) is 2.83. The summed E-state index contributed by atoms with van der Waals surface area (Å²) < 4.78 is 0. The second kappa shape index (κ2) is 11.1. The van der Waals surface area contributed by atoms with Gasteiger partial charge in [-0.25, -0.2) is 0 Å². The molecule has 2 aromatic rings. The number of benzene rings is 2. The smallest absolute Gasteiger partial charge is 0.242 e. The summed E-state index contributed by atoms with van der Waals surface area (Å²) in [4.78, 5) is 27.3. The number of halogens is 2. The van der Waals surface area contributed by atoms with Gasteiger partial charge < -0.3 is 10.2 Å². The largest absolute Gasteiger partial charge is 0.354 e. The summed E-state index contributed by atoms with van der Waals surface area (Å²) in [7, 11) is 0. The van der Waals surface area contributed by atoms with Gasteiger partial charge in [0, 0.05) is 23.1 Å². The van der Waals surface area contributed by atoms with Crippen molar-refractivity contribution in [2.45, 2.75) is 45.7 Å². The van der Waals surface area contributed by atoms with Gasteiger partial charge in [-0.3, -0.25) is 9.59 Å². The van der Waals surface area contributed by atoms with Crippen molar-refractivity contribution < 1.29 is 9.59 Å². The lowest BCUT2D eigenvalue weighted by Gasteiger charge is -2.29. The Bertz CT molecular complexity index is 796. The number of hydrogen-bond acceptors (Lipinski definition) is 2. The molecule has 2 amide bonds. The third kappa shape index (κ3) is 6.54. The quantitative estimate of drug-likeness (QED) is 0.588. The summed E-state index contributed by atoms with van der Waals surface area (Å²) in [5.74, 6) is -0.314. The highest BCUT2D eigenvalue weighted by molar-refractivity contribution is 6.35. The number of nitrogens with zero attached hydrogens (tertiary/aromatic N) is 1.